The van der Waals surface area contributed by atoms with Crippen molar-refractivity contribution in [1.82, 2.24) is 9.80 Å². The van der Waals surface area contributed by atoms with Crippen LogP contribution in [0.3, 0.4) is 0 Å². The molecule has 0 spiro atoms. The molecule has 4 nitrogen and oxygen atoms in total. The summed E-state index contributed by atoms with van der Waals surface area (Å²) in [4.78, 5) is 35.2. The lowest BCUT2D eigenvalue weighted by Crippen LogP contribution is -2.30. The second-order valence-electron chi connectivity index (χ2n) is 22.8. The molecule has 4 heteroatoms. The normalized spacial score (nSPS) is 14.9. The minimum absolute atomic E-state index is 0.113. The predicted octanol–water partition coefficient (Wildman–Crippen LogP) is 15.4. The van der Waals surface area contributed by atoms with Crippen molar-refractivity contribution in [3.63, 3.8) is 0 Å². The van der Waals surface area contributed by atoms with Crippen molar-refractivity contribution < 1.29 is 9.59 Å². The van der Waals surface area contributed by atoms with Gasteiger partial charge in [0.25, 0.3) is 11.8 Å². The molecule has 0 bridgehead atoms. The highest BCUT2D eigenvalue weighted by atomic mass is 16.2. The lowest BCUT2D eigenvalue weighted by molar-refractivity contribution is -0.124. The Morgan fingerprint density at radius 2 is 0.618 bits per heavy atom. The zero-order valence-electron chi connectivity index (χ0n) is 42.3. The van der Waals surface area contributed by atoms with Crippen molar-refractivity contribution in [2.24, 2.45) is 0 Å². The summed E-state index contributed by atoms with van der Waals surface area (Å²) < 4.78 is 0. The molecule has 0 radical (unpaired) electrons. The number of amides is 2. The zero-order valence-corrected chi connectivity index (χ0v) is 42.3. The van der Waals surface area contributed by atoms with Crippen molar-refractivity contribution in [2.75, 3.05) is 0 Å². The first-order chi connectivity index (χ1) is 32.0. The number of hydrogen-bond donors (Lipinski definition) is 0. The Morgan fingerprint density at radius 3 is 0.882 bits per heavy atom. The number of fused-ring (bicyclic) bond motifs is 1. The molecule has 6 aromatic rings. The Labute approximate surface area is 406 Å². The van der Waals surface area contributed by atoms with Crippen molar-refractivity contribution in [1.29, 1.82) is 0 Å². The van der Waals surface area contributed by atoms with Crippen LogP contribution in [-0.4, -0.2) is 21.6 Å². The van der Waals surface area contributed by atoms with Crippen LogP contribution in [-0.2, 0) is 44.3 Å². The largest absolute Gasteiger partial charge is 0.302 e. The summed E-state index contributed by atoms with van der Waals surface area (Å²) in [6.07, 6.45) is 8.40. The zero-order chi connectivity index (χ0) is 48.8. The fraction of sp³-hybridized carbons (Fsp3) is 0.281. The number of benzene rings is 6. The van der Waals surface area contributed by atoms with Gasteiger partial charge in [0.15, 0.2) is 0 Å². The Kier molecular flexibility index (Phi) is 12.9. The molecule has 6 aromatic carbocycles. The quantitative estimate of drug-likeness (QED) is 0.129. The van der Waals surface area contributed by atoms with Crippen molar-refractivity contribution in [2.45, 2.75) is 118 Å². The summed E-state index contributed by atoms with van der Waals surface area (Å²) in [7, 11) is 0. The van der Waals surface area contributed by atoms with E-state index >= 15 is 9.59 Å². The fourth-order valence-electron chi connectivity index (χ4n) is 8.98. The molecule has 2 heterocycles. The molecule has 0 aromatic heterocycles. The van der Waals surface area contributed by atoms with Gasteiger partial charge in [-0.2, -0.15) is 0 Å². The number of hydrogen-bond acceptors (Lipinski definition) is 2. The third kappa shape index (κ3) is 10.4. The third-order valence-corrected chi connectivity index (χ3v) is 13.2. The monoisotopic (exact) mass is 897 g/mol. The summed E-state index contributed by atoms with van der Waals surface area (Å²) in [5, 5.41) is 0. The first-order valence-corrected chi connectivity index (χ1v) is 24.1. The summed E-state index contributed by atoms with van der Waals surface area (Å²) >= 11 is 0. The maximum Gasteiger partial charge on any atom is 0.261 e. The first kappa shape index (κ1) is 47.7. The molecular weight excluding hydrogens is 829 g/mol. The van der Waals surface area contributed by atoms with Gasteiger partial charge in [-0.1, -0.05) is 253 Å². The van der Waals surface area contributed by atoms with Crippen molar-refractivity contribution >= 4 is 47.5 Å². The summed E-state index contributed by atoms with van der Waals surface area (Å²) in [5.41, 5.74) is 14.6. The van der Waals surface area contributed by atoms with Crippen LogP contribution < -0.4 is 0 Å². The minimum Gasteiger partial charge on any atom is -0.302 e. The third-order valence-electron chi connectivity index (χ3n) is 13.2. The molecule has 0 atom stereocenters. The Hall–Kier alpha value is -6.78. The molecule has 0 aliphatic carbocycles. The molecule has 346 valence electrons. The van der Waals surface area contributed by atoms with Crippen LogP contribution >= 0.6 is 0 Å². The second-order valence-corrected chi connectivity index (χ2v) is 22.8. The van der Waals surface area contributed by atoms with Gasteiger partial charge in [0, 0.05) is 0 Å². The SMILES string of the molecule is CC(C)(C)c1cc(CN2C(=O)C3=C(c4ccc(/C=C/c5ccccc5)cc4)N(Cc4cc(C(C)(C)C)cc(C(C)(C)C)c4)C(=O)C3=C2c2ccc(/C=C/c3ccccc3)cc2)cc(C(C)(C)C)c1. The lowest BCUT2D eigenvalue weighted by Gasteiger charge is -2.29. The van der Waals surface area contributed by atoms with Gasteiger partial charge in [0.2, 0.25) is 0 Å². The van der Waals surface area contributed by atoms with Gasteiger partial charge in [0.1, 0.15) is 0 Å². The van der Waals surface area contributed by atoms with Crippen LogP contribution in [0.5, 0.6) is 0 Å². The van der Waals surface area contributed by atoms with Gasteiger partial charge in [-0.15, -0.1) is 0 Å². The van der Waals surface area contributed by atoms with Crippen molar-refractivity contribution in [3.8, 4) is 0 Å². The van der Waals surface area contributed by atoms with Crippen LogP contribution in [0.25, 0.3) is 35.7 Å². The molecular formula is C64H68N2O2. The Morgan fingerprint density at radius 1 is 0.353 bits per heavy atom. The van der Waals surface area contributed by atoms with E-state index in [9.17, 15) is 0 Å². The van der Waals surface area contributed by atoms with Crippen LogP contribution in [0.2, 0.25) is 0 Å². The standard InChI is InChI=1S/C64H68N2O2/c1-61(2,3)51-35-47(36-52(39-51)62(4,5)6)41-65-57(49-31-27-45(28-32-49)25-23-43-19-15-13-16-20-43)55-56(59(65)67)58(50-33-29-46(30-34-50)26-24-44-21-17-14-18-22-44)66(60(55)68)42-48-37-53(63(7,8)9)40-54(38-48)64(10,11)12/h13-40H,41-42H2,1-12H3/b25-23+,26-24+. The van der Waals surface area contributed by atoms with Gasteiger partial charge in [0.05, 0.1) is 35.6 Å². The molecule has 2 amide bonds. The average Bonchev–Trinajstić information content (AvgIpc) is 3.73. The molecule has 8 rings (SSSR count). The summed E-state index contributed by atoms with van der Waals surface area (Å²) in [6, 6.07) is 50.7. The number of carbonyl (C=O) groups is 2. The molecule has 0 saturated heterocycles. The van der Waals surface area contributed by atoms with E-state index in [1.54, 1.807) is 0 Å². The van der Waals surface area contributed by atoms with E-state index in [-0.39, 0.29) is 33.5 Å². The molecule has 0 saturated carbocycles. The van der Waals surface area contributed by atoms with Gasteiger partial charge in [-0.3, -0.25) is 9.59 Å². The maximum absolute atomic E-state index is 15.7. The molecule has 2 aliphatic rings. The molecule has 68 heavy (non-hydrogen) atoms. The number of rotatable bonds is 10. The predicted molar refractivity (Wildman–Crippen MR) is 286 cm³/mol. The van der Waals surface area contributed by atoms with E-state index in [1.807, 2.05) is 46.2 Å². The first-order valence-electron chi connectivity index (χ1n) is 24.1. The molecule has 0 N–H and O–H groups in total. The van der Waals surface area contributed by atoms with Gasteiger partial charge < -0.3 is 9.80 Å². The molecule has 0 unspecified atom stereocenters. The van der Waals surface area contributed by atoms with Crippen LogP contribution in [0, 0.1) is 0 Å². The molecule has 0 fully saturated rings. The van der Waals surface area contributed by atoms with Crippen LogP contribution in [0.1, 0.15) is 150 Å². The minimum atomic E-state index is -0.167. The maximum atomic E-state index is 15.7. The number of carbonyl (C=O) groups excluding carboxylic acids is 2. The number of nitrogens with zero attached hydrogens (tertiary/aromatic N) is 2. The van der Waals surface area contributed by atoms with Gasteiger partial charge in [-0.05, 0) is 88.4 Å². The van der Waals surface area contributed by atoms with E-state index in [0.29, 0.717) is 35.6 Å². The Bertz CT molecular complexity index is 2700. The summed E-state index contributed by atoms with van der Waals surface area (Å²) in [5.74, 6) is -0.335. The van der Waals surface area contributed by atoms with E-state index < -0.39 is 0 Å². The summed E-state index contributed by atoms with van der Waals surface area (Å²) in [6.45, 7) is 27.5. The average molecular weight is 897 g/mol. The van der Waals surface area contributed by atoms with Gasteiger partial charge >= 0.3 is 0 Å². The highest BCUT2D eigenvalue weighted by molar-refractivity contribution is 6.30. The van der Waals surface area contributed by atoms with E-state index in [4.69, 9.17) is 0 Å². The highest BCUT2D eigenvalue weighted by Crippen LogP contribution is 2.48. The fourth-order valence-corrected chi connectivity index (χ4v) is 8.98. The topological polar surface area (TPSA) is 40.6 Å². The smallest absolute Gasteiger partial charge is 0.261 e. The highest BCUT2D eigenvalue weighted by Gasteiger charge is 2.49. The van der Waals surface area contributed by atoms with Crippen LogP contribution in [0.15, 0.2) is 157 Å². The second kappa shape index (κ2) is 18.4. The Balaban J connectivity index is 1.32. The lowest BCUT2D eigenvalue weighted by atomic mass is 9.79. The van der Waals surface area contributed by atoms with E-state index in [1.165, 1.54) is 22.3 Å². The van der Waals surface area contributed by atoms with Crippen molar-refractivity contribution in [3.05, 3.63) is 224 Å². The van der Waals surface area contributed by atoms with Crippen LogP contribution in [0.4, 0.5) is 0 Å². The van der Waals surface area contributed by atoms with E-state index in [0.717, 1.165) is 44.5 Å². The molecule has 2 aliphatic heterocycles. The van der Waals surface area contributed by atoms with Gasteiger partial charge in [-0.25, -0.2) is 0 Å². The van der Waals surface area contributed by atoms with E-state index in [2.05, 4.69) is 217 Å².